The maximum absolute atomic E-state index is 10.5. The zero-order valence-corrected chi connectivity index (χ0v) is 16.3. The van der Waals surface area contributed by atoms with Gasteiger partial charge in [0.2, 0.25) is 0 Å². The van der Waals surface area contributed by atoms with E-state index in [0.717, 1.165) is 38.5 Å². The number of hydrogen-bond donors (Lipinski definition) is 2. The molecular weight excluding hydrogens is 335 g/mol. The first-order valence-corrected chi connectivity index (χ1v) is 10.3. The lowest BCUT2D eigenvalue weighted by Gasteiger charge is -2.28. The van der Waals surface area contributed by atoms with Crippen LogP contribution in [-0.2, 0) is 23.3 Å². The van der Waals surface area contributed by atoms with Crippen molar-refractivity contribution in [3.63, 3.8) is 0 Å². The molecule has 0 spiro atoms. The Morgan fingerprint density at radius 2 is 1.08 bits per heavy atom. The monoisotopic (exact) mass is 370 g/mol. The molecule has 0 fully saturated rings. The zero-order valence-electron chi connectivity index (χ0n) is 15.4. The smallest absolute Gasteiger partial charge is 0.331 e. The van der Waals surface area contributed by atoms with Gasteiger partial charge in [-0.1, -0.05) is 51.4 Å². The van der Waals surface area contributed by atoms with Gasteiger partial charge in [0.25, 0.3) is 5.97 Å². The summed E-state index contributed by atoms with van der Waals surface area (Å²) < 4.78 is 30.6. The number of phosphoric ester groups is 1. The third kappa shape index (κ3) is 13.3. The molecule has 0 aliphatic heterocycles. The van der Waals surface area contributed by atoms with Gasteiger partial charge in [0.1, 0.15) is 0 Å². The number of ether oxygens (including phenoxy) is 3. The van der Waals surface area contributed by atoms with E-state index in [2.05, 4.69) is 4.52 Å². The van der Waals surface area contributed by atoms with E-state index in [-0.39, 0.29) is 6.61 Å². The van der Waals surface area contributed by atoms with Crippen molar-refractivity contribution in [3.8, 4) is 0 Å². The molecule has 0 aromatic rings. The SMILES string of the molecule is COC(CCCCCCCCCCCCOP(=O)(O)O)(OC)OC. The molecule has 0 aliphatic rings. The van der Waals surface area contributed by atoms with Crippen LogP contribution in [-0.4, -0.2) is 43.7 Å². The van der Waals surface area contributed by atoms with E-state index in [9.17, 15) is 4.57 Å². The Bertz CT molecular complexity index is 320. The molecule has 0 aromatic heterocycles. The van der Waals surface area contributed by atoms with Crippen molar-refractivity contribution in [3.05, 3.63) is 0 Å². The summed E-state index contributed by atoms with van der Waals surface area (Å²) in [6.45, 7) is 0.135. The highest BCUT2D eigenvalue weighted by Gasteiger charge is 2.28. The Morgan fingerprint density at radius 1 is 0.708 bits per heavy atom. The van der Waals surface area contributed by atoms with Crippen LogP contribution in [0.25, 0.3) is 0 Å². The number of rotatable bonds is 17. The molecule has 0 heterocycles. The Labute approximate surface area is 146 Å². The summed E-state index contributed by atoms with van der Waals surface area (Å²) in [5.74, 6) is -0.899. The summed E-state index contributed by atoms with van der Waals surface area (Å²) in [6.07, 6.45) is 11.6. The molecular formula is C16H35O7P. The summed E-state index contributed by atoms with van der Waals surface area (Å²) in [5.41, 5.74) is 0. The standard InChI is InChI=1S/C16H35O7P/c1-20-16(21-2,22-3)14-12-10-8-6-4-5-7-9-11-13-15-23-24(17,18)19/h4-15H2,1-3H3,(H2,17,18,19). The van der Waals surface area contributed by atoms with Crippen LogP contribution >= 0.6 is 7.82 Å². The van der Waals surface area contributed by atoms with Gasteiger partial charge in [-0.25, -0.2) is 4.57 Å². The molecule has 0 aromatic carbocycles. The summed E-state index contributed by atoms with van der Waals surface area (Å²) in [5, 5.41) is 0. The molecule has 8 heteroatoms. The van der Waals surface area contributed by atoms with Crippen LogP contribution in [0.15, 0.2) is 0 Å². The third-order valence-corrected chi connectivity index (χ3v) is 4.59. The van der Waals surface area contributed by atoms with Gasteiger partial charge < -0.3 is 24.0 Å². The number of phosphoric acid groups is 1. The van der Waals surface area contributed by atoms with Gasteiger partial charge in [0.05, 0.1) is 6.61 Å². The van der Waals surface area contributed by atoms with Crippen LogP contribution in [0.5, 0.6) is 0 Å². The summed E-state index contributed by atoms with van der Waals surface area (Å²) >= 11 is 0. The average molecular weight is 370 g/mol. The highest BCUT2D eigenvalue weighted by atomic mass is 31.2. The van der Waals surface area contributed by atoms with Crippen molar-refractivity contribution < 1.29 is 33.1 Å². The first-order chi connectivity index (χ1) is 11.4. The van der Waals surface area contributed by atoms with Crippen LogP contribution in [0.2, 0.25) is 0 Å². The van der Waals surface area contributed by atoms with Crippen LogP contribution in [0, 0.1) is 0 Å². The summed E-state index contributed by atoms with van der Waals surface area (Å²) in [4.78, 5) is 17.1. The van der Waals surface area contributed by atoms with Gasteiger partial charge in [-0.2, -0.15) is 0 Å². The molecule has 0 saturated carbocycles. The maximum atomic E-state index is 10.5. The van der Waals surface area contributed by atoms with E-state index in [4.69, 9.17) is 24.0 Å². The average Bonchev–Trinajstić information content (AvgIpc) is 2.55. The minimum absolute atomic E-state index is 0.135. The predicted octanol–water partition coefficient (Wildman–Crippen LogP) is 3.98. The number of hydrogen-bond acceptors (Lipinski definition) is 5. The molecule has 0 unspecified atom stereocenters. The van der Waals surface area contributed by atoms with Gasteiger partial charge >= 0.3 is 7.82 Å². The Balaban J connectivity index is 3.33. The molecule has 2 N–H and O–H groups in total. The topological polar surface area (TPSA) is 94.5 Å². The van der Waals surface area contributed by atoms with E-state index >= 15 is 0 Å². The predicted molar refractivity (Wildman–Crippen MR) is 92.5 cm³/mol. The van der Waals surface area contributed by atoms with Gasteiger partial charge in [-0.3, -0.25) is 4.52 Å². The third-order valence-electron chi connectivity index (χ3n) is 4.07. The van der Waals surface area contributed by atoms with Crippen LogP contribution in [0.4, 0.5) is 0 Å². The number of methoxy groups -OCH3 is 3. The van der Waals surface area contributed by atoms with E-state index in [1.54, 1.807) is 21.3 Å². The van der Waals surface area contributed by atoms with Crippen molar-refractivity contribution in [2.24, 2.45) is 0 Å². The van der Waals surface area contributed by atoms with Gasteiger partial charge in [-0.15, -0.1) is 0 Å². The first kappa shape index (κ1) is 24.0. The summed E-state index contributed by atoms with van der Waals surface area (Å²) in [6, 6.07) is 0. The van der Waals surface area contributed by atoms with Crippen molar-refractivity contribution >= 4 is 7.82 Å². The zero-order chi connectivity index (χ0) is 18.3. The maximum Gasteiger partial charge on any atom is 0.469 e. The molecule has 0 radical (unpaired) electrons. The van der Waals surface area contributed by atoms with Crippen LogP contribution < -0.4 is 0 Å². The van der Waals surface area contributed by atoms with Crippen molar-refractivity contribution in [2.45, 2.75) is 76.6 Å². The normalized spacial score (nSPS) is 12.7. The Hall–Kier alpha value is -0.0100. The highest BCUT2D eigenvalue weighted by molar-refractivity contribution is 7.46. The molecule has 7 nitrogen and oxygen atoms in total. The molecule has 24 heavy (non-hydrogen) atoms. The van der Waals surface area contributed by atoms with E-state index in [0.29, 0.717) is 6.42 Å². The number of unbranched alkanes of at least 4 members (excludes halogenated alkanes) is 9. The largest absolute Gasteiger partial charge is 0.469 e. The van der Waals surface area contributed by atoms with Crippen LogP contribution in [0.3, 0.4) is 0 Å². The van der Waals surface area contributed by atoms with E-state index < -0.39 is 13.8 Å². The fourth-order valence-corrected chi connectivity index (χ4v) is 2.96. The van der Waals surface area contributed by atoms with E-state index in [1.165, 1.54) is 25.7 Å². The van der Waals surface area contributed by atoms with Crippen molar-refractivity contribution in [2.75, 3.05) is 27.9 Å². The van der Waals surface area contributed by atoms with Crippen molar-refractivity contribution in [1.82, 2.24) is 0 Å². The van der Waals surface area contributed by atoms with Gasteiger partial charge in [0.15, 0.2) is 0 Å². The lowest BCUT2D eigenvalue weighted by Crippen LogP contribution is -2.35. The van der Waals surface area contributed by atoms with Crippen molar-refractivity contribution in [1.29, 1.82) is 0 Å². The lowest BCUT2D eigenvalue weighted by atomic mass is 10.1. The van der Waals surface area contributed by atoms with Gasteiger partial charge in [-0.05, 0) is 12.8 Å². The molecule has 0 amide bonds. The summed E-state index contributed by atoms with van der Waals surface area (Å²) in [7, 11) is 0.480. The highest BCUT2D eigenvalue weighted by Crippen LogP contribution is 2.35. The first-order valence-electron chi connectivity index (χ1n) is 8.74. The fraction of sp³-hybridized carbons (Fsp3) is 1.00. The second kappa shape index (κ2) is 14.2. The minimum Gasteiger partial charge on any atom is -0.331 e. The quantitative estimate of drug-likeness (QED) is 0.227. The molecule has 0 atom stereocenters. The molecule has 0 aliphatic carbocycles. The second-order valence-corrected chi connectivity index (χ2v) is 7.14. The van der Waals surface area contributed by atoms with Gasteiger partial charge in [0, 0.05) is 27.8 Å². The fourth-order valence-electron chi connectivity index (χ4n) is 2.60. The molecule has 0 saturated heterocycles. The van der Waals surface area contributed by atoms with Crippen LogP contribution in [0.1, 0.15) is 70.6 Å². The second-order valence-electron chi connectivity index (χ2n) is 5.90. The molecule has 0 bridgehead atoms. The lowest BCUT2D eigenvalue weighted by molar-refractivity contribution is -0.355. The Kier molecular flexibility index (Phi) is 14.2. The molecule has 0 rings (SSSR count). The molecule has 146 valence electrons. The Morgan fingerprint density at radius 3 is 1.46 bits per heavy atom. The van der Waals surface area contributed by atoms with E-state index in [1.807, 2.05) is 0 Å². The minimum atomic E-state index is -4.29.